The standard InChI is InChI=1S/C24H34FN3O4S/c1-15(2)22-20(12-7-16(3)13-17(4)14-21(29)30)23(18-8-10-19(25)11-9-18)27-24(26-22)28(5)33(6,31)32/h7-12,15-17,20,22H,13-14H2,1-6H3,(H,29,30)/p-1/b12-7+/t16-,17-,20?,22?/m1/s1. The molecule has 33 heavy (non-hydrogen) atoms. The number of hydrogen-bond donors (Lipinski definition) is 0. The number of allylic oxidation sites excluding steroid dienone is 1. The summed E-state index contributed by atoms with van der Waals surface area (Å²) in [6.45, 7) is 7.90. The zero-order chi connectivity index (χ0) is 24.9. The van der Waals surface area contributed by atoms with Crippen molar-refractivity contribution in [3.63, 3.8) is 0 Å². The van der Waals surface area contributed by atoms with E-state index in [9.17, 15) is 22.7 Å². The SMILES string of the molecule is CC(C)C1N=C(N(C)S(C)(=O)=O)N=C(c2ccc(F)cc2)C1/C=C/[C@@H](C)C[C@@H](C)CC(=O)[O-]. The quantitative estimate of drug-likeness (QED) is 0.509. The number of hydrogen-bond acceptors (Lipinski definition) is 6. The molecule has 7 nitrogen and oxygen atoms in total. The Hall–Kier alpha value is -2.55. The number of carboxylic acid groups (broad SMARTS) is 1. The maximum absolute atomic E-state index is 13.6. The van der Waals surface area contributed by atoms with Gasteiger partial charge >= 0.3 is 0 Å². The number of nitrogens with zero attached hydrogens (tertiary/aromatic N) is 3. The van der Waals surface area contributed by atoms with Crippen molar-refractivity contribution in [2.24, 2.45) is 33.7 Å². The zero-order valence-corrected chi connectivity index (χ0v) is 20.8. The first-order chi connectivity index (χ1) is 15.3. The minimum Gasteiger partial charge on any atom is -0.550 e. The highest BCUT2D eigenvalue weighted by atomic mass is 32.2. The third kappa shape index (κ3) is 7.48. The fourth-order valence-corrected chi connectivity index (χ4v) is 4.31. The van der Waals surface area contributed by atoms with E-state index in [1.165, 1.54) is 19.2 Å². The molecule has 1 aliphatic rings. The second kappa shape index (κ2) is 11.0. The van der Waals surface area contributed by atoms with Crippen LogP contribution in [0.25, 0.3) is 0 Å². The van der Waals surface area contributed by atoms with Gasteiger partial charge in [-0.2, -0.15) is 0 Å². The van der Waals surface area contributed by atoms with Crippen molar-refractivity contribution in [2.45, 2.75) is 46.6 Å². The third-order valence-electron chi connectivity index (χ3n) is 5.71. The second-order valence-electron chi connectivity index (χ2n) is 9.20. The third-order valence-corrected chi connectivity index (χ3v) is 6.87. The van der Waals surface area contributed by atoms with Gasteiger partial charge < -0.3 is 9.90 Å². The number of carboxylic acids is 1. The molecule has 1 aromatic carbocycles. The minimum atomic E-state index is -3.57. The molecule has 0 amide bonds. The Labute approximate surface area is 196 Å². The molecule has 0 saturated carbocycles. The summed E-state index contributed by atoms with van der Waals surface area (Å²) in [5.41, 5.74) is 1.30. The lowest BCUT2D eigenvalue weighted by atomic mass is 9.82. The smallest absolute Gasteiger partial charge is 0.234 e. The highest BCUT2D eigenvalue weighted by Crippen LogP contribution is 2.29. The average molecular weight is 479 g/mol. The average Bonchev–Trinajstić information content (AvgIpc) is 2.70. The predicted molar refractivity (Wildman–Crippen MR) is 127 cm³/mol. The van der Waals surface area contributed by atoms with Gasteiger partial charge in [-0.25, -0.2) is 27.1 Å². The number of benzene rings is 1. The zero-order valence-electron chi connectivity index (χ0n) is 20.0. The molecular weight excluding hydrogens is 445 g/mol. The summed E-state index contributed by atoms with van der Waals surface area (Å²) in [5, 5.41) is 10.9. The van der Waals surface area contributed by atoms with Crippen molar-refractivity contribution in [3.05, 3.63) is 47.8 Å². The van der Waals surface area contributed by atoms with E-state index in [-0.39, 0.29) is 47.9 Å². The number of guanidine groups is 1. The maximum Gasteiger partial charge on any atom is 0.234 e. The number of aliphatic imine (C=N–C) groups is 2. The molecule has 2 rings (SSSR count). The van der Waals surface area contributed by atoms with E-state index in [1.807, 2.05) is 39.8 Å². The molecule has 0 saturated heterocycles. The van der Waals surface area contributed by atoms with Crippen molar-refractivity contribution in [2.75, 3.05) is 13.3 Å². The molecule has 2 unspecified atom stereocenters. The fraction of sp³-hybridized carbons (Fsp3) is 0.542. The number of halogens is 1. The summed E-state index contributed by atoms with van der Waals surface area (Å²) < 4.78 is 38.9. The molecule has 0 radical (unpaired) electrons. The van der Waals surface area contributed by atoms with Crippen molar-refractivity contribution in [1.29, 1.82) is 0 Å². The Bertz CT molecular complexity index is 1030. The maximum atomic E-state index is 13.6. The predicted octanol–water partition coefficient (Wildman–Crippen LogP) is 2.88. The fourth-order valence-electron chi connectivity index (χ4n) is 3.92. The summed E-state index contributed by atoms with van der Waals surface area (Å²) in [4.78, 5) is 20.1. The number of carbonyl (C=O) groups is 1. The van der Waals surface area contributed by atoms with Crippen LogP contribution < -0.4 is 5.11 Å². The van der Waals surface area contributed by atoms with Gasteiger partial charge in [-0.3, -0.25) is 0 Å². The molecular formula is C24H33FN3O4S-. The Kier molecular flexibility index (Phi) is 8.94. The minimum absolute atomic E-state index is 0.00396. The Morgan fingerprint density at radius 3 is 2.33 bits per heavy atom. The Balaban J connectivity index is 2.47. The molecule has 1 aromatic rings. The highest BCUT2D eigenvalue weighted by Gasteiger charge is 2.34. The number of sulfonamides is 1. The van der Waals surface area contributed by atoms with Gasteiger partial charge in [0.1, 0.15) is 5.82 Å². The van der Waals surface area contributed by atoms with Crippen LogP contribution in [0.15, 0.2) is 46.4 Å². The first-order valence-electron chi connectivity index (χ1n) is 11.0. The Morgan fingerprint density at radius 1 is 1.21 bits per heavy atom. The van der Waals surface area contributed by atoms with Crippen LogP contribution in [0.1, 0.15) is 46.1 Å². The van der Waals surface area contributed by atoms with E-state index in [1.54, 1.807) is 12.1 Å². The second-order valence-corrected chi connectivity index (χ2v) is 11.2. The summed E-state index contributed by atoms with van der Waals surface area (Å²) in [7, 11) is -2.16. The van der Waals surface area contributed by atoms with Crippen molar-refractivity contribution < 1.29 is 22.7 Å². The van der Waals surface area contributed by atoms with E-state index in [0.717, 1.165) is 10.6 Å². The van der Waals surface area contributed by atoms with E-state index in [0.29, 0.717) is 17.7 Å². The van der Waals surface area contributed by atoms with Crippen LogP contribution in [0.5, 0.6) is 0 Å². The number of rotatable bonds is 9. The van der Waals surface area contributed by atoms with Gasteiger partial charge in [-0.05, 0) is 48.3 Å². The van der Waals surface area contributed by atoms with E-state index < -0.39 is 16.0 Å². The molecule has 0 aliphatic carbocycles. The van der Waals surface area contributed by atoms with Crippen molar-refractivity contribution >= 4 is 27.7 Å². The Morgan fingerprint density at radius 2 is 1.82 bits per heavy atom. The van der Waals surface area contributed by atoms with Crippen LogP contribution in [-0.2, 0) is 14.8 Å². The first-order valence-corrected chi connectivity index (χ1v) is 12.9. The van der Waals surface area contributed by atoms with Gasteiger partial charge in [-0.15, -0.1) is 0 Å². The summed E-state index contributed by atoms with van der Waals surface area (Å²) >= 11 is 0. The van der Waals surface area contributed by atoms with Gasteiger partial charge in [0.15, 0.2) is 0 Å². The molecule has 4 atom stereocenters. The lowest BCUT2D eigenvalue weighted by Crippen LogP contribution is -2.41. The summed E-state index contributed by atoms with van der Waals surface area (Å²) in [5.74, 6) is -1.46. The van der Waals surface area contributed by atoms with Gasteiger partial charge in [0.05, 0.1) is 18.0 Å². The van der Waals surface area contributed by atoms with Crippen molar-refractivity contribution in [1.82, 2.24) is 4.31 Å². The topological polar surface area (TPSA) is 102 Å². The normalized spacial score (nSPS) is 21.0. The number of carbonyl (C=O) groups excluding carboxylic acids is 1. The van der Waals surface area contributed by atoms with E-state index >= 15 is 0 Å². The molecule has 182 valence electrons. The molecule has 0 fully saturated rings. The van der Waals surface area contributed by atoms with Gasteiger partial charge in [-0.1, -0.05) is 52.0 Å². The van der Waals surface area contributed by atoms with Crippen LogP contribution in [0.3, 0.4) is 0 Å². The molecule has 9 heteroatoms. The van der Waals surface area contributed by atoms with Gasteiger partial charge in [0, 0.05) is 18.9 Å². The molecule has 0 N–H and O–H groups in total. The number of aliphatic carboxylic acids is 1. The van der Waals surface area contributed by atoms with Crippen molar-refractivity contribution in [3.8, 4) is 0 Å². The van der Waals surface area contributed by atoms with Crippen LogP contribution >= 0.6 is 0 Å². The van der Waals surface area contributed by atoms with E-state index in [2.05, 4.69) is 9.98 Å². The molecule has 1 heterocycles. The summed E-state index contributed by atoms with van der Waals surface area (Å²) in [6, 6.07) is 5.66. The first kappa shape index (κ1) is 26.7. The highest BCUT2D eigenvalue weighted by molar-refractivity contribution is 7.88. The van der Waals surface area contributed by atoms with E-state index in [4.69, 9.17) is 0 Å². The molecule has 0 spiro atoms. The van der Waals surface area contributed by atoms with Crippen LogP contribution in [0, 0.1) is 29.5 Å². The summed E-state index contributed by atoms with van der Waals surface area (Å²) in [6.07, 6.45) is 5.80. The van der Waals surface area contributed by atoms with Crippen LogP contribution in [0.4, 0.5) is 4.39 Å². The lowest BCUT2D eigenvalue weighted by molar-refractivity contribution is -0.306. The molecule has 1 aliphatic heterocycles. The lowest BCUT2D eigenvalue weighted by Gasteiger charge is -2.32. The van der Waals surface area contributed by atoms with Crippen LogP contribution in [0.2, 0.25) is 0 Å². The molecule has 0 bridgehead atoms. The van der Waals surface area contributed by atoms with Gasteiger partial charge in [0.2, 0.25) is 16.0 Å². The van der Waals surface area contributed by atoms with Gasteiger partial charge in [0.25, 0.3) is 0 Å². The largest absolute Gasteiger partial charge is 0.550 e. The monoisotopic (exact) mass is 478 g/mol. The molecule has 0 aromatic heterocycles. The van der Waals surface area contributed by atoms with Crippen LogP contribution in [-0.4, -0.2) is 49.7 Å².